The first kappa shape index (κ1) is 13.6. The minimum atomic E-state index is 0.626. The number of thioether (sulfide) groups is 1. The van der Waals surface area contributed by atoms with E-state index >= 15 is 0 Å². The Morgan fingerprint density at radius 2 is 1.94 bits per heavy atom. The van der Waals surface area contributed by atoms with Crippen LogP contribution in [0.3, 0.4) is 0 Å². The lowest BCUT2D eigenvalue weighted by atomic mass is 10.2. The van der Waals surface area contributed by atoms with Crippen molar-refractivity contribution in [3.8, 4) is 0 Å². The van der Waals surface area contributed by atoms with E-state index in [-0.39, 0.29) is 0 Å². The largest absolute Gasteiger partial charge is 0.315 e. The van der Waals surface area contributed by atoms with Crippen LogP contribution < -0.4 is 5.32 Å². The Morgan fingerprint density at radius 1 is 1.19 bits per heavy atom. The Balaban J connectivity index is 2.31. The third kappa shape index (κ3) is 5.57. The van der Waals surface area contributed by atoms with Gasteiger partial charge in [-0.1, -0.05) is 38.5 Å². The van der Waals surface area contributed by atoms with Crippen molar-refractivity contribution in [2.45, 2.75) is 37.8 Å². The first-order valence-electron chi connectivity index (χ1n) is 6.02. The fraction of sp³-hybridized carbons (Fsp3) is 0.571. The van der Waals surface area contributed by atoms with E-state index in [4.69, 9.17) is 0 Å². The van der Waals surface area contributed by atoms with E-state index in [0.29, 0.717) is 5.25 Å². The molecule has 1 aromatic rings. The second kappa shape index (κ2) is 6.97. The minimum Gasteiger partial charge on any atom is -0.315 e. The molecule has 1 nitrogen and oxygen atoms in total. The molecule has 0 bridgehead atoms. The third-order valence-corrected chi connectivity index (χ3v) is 3.41. The van der Waals surface area contributed by atoms with Crippen molar-refractivity contribution in [3.05, 3.63) is 29.8 Å². The smallest absolute Gasteiger partial charge is 0.0191 e. The molecule has 0 heterocycles. The van der Waals surface area contributed by atoms with E-state index in [9.17, 15) is 0 Å². The van der Waals surface area contributed by atoms with E-state index in [1.807, 2.05) is 11.8 Å². The van der Waals surface area contributed by atoms with Gasteiger partial charge in [0.1, 0.15) is 0 Å². The van der Waals surface area contributed by atoms with Gasteiger partial charge in [0.2, 0.25) is 0 Å². The molecule has 1 aromatic carbocycles. The molecule has 1 atom stereocenters. The lowest BCUT2D eigenvalue weighted by Crippen LogP contribution is -2.26. The maximum absolute atomic E-state index is 3.50. The minimum absolute atomic E-state index is 0.626. The molecule has 1 rings (SSSR count). The highest BCUT2D eigenvalue weighted by atomic mass is 32.2. The van der Waals surface area contributed by atoms with Crippen molar-refractivity contribution in [3.63, 3.8) is 0 Å². The summed E-state index contributed by atoms with van der Waals surface area (Å²) < 4.78 is 0. The molecule has 0 saturated carbocycles. The molecule has 1 unspecified atom stereocenters. The molecule has 0 amide bonds. The molecule has 2 heteroatoms. The monoisotopic (exact) mass is 237 g/mol. The van der Waals surface area contributed by atoms with Crippen LogP contribution in [0.15, 0.2) is 29.2 Å². The Kier molecular flexibility index (Phi) is 5.93. The van der Waals surface area contributed by atoms with Gasteiger partial charge in [0.05, 0.1) is 0 Å². The molecule has 0 saturated heterocycles. The summed E-state index contributed by atoms with van der Waals surface area (Å²) in [6.45, 7) is 11.1. The van der Waals surface area contributed by atoms with Gasteiger partial charge in [0.15, 0.2) is 0 Å². The zero-order chi connectivity index (χ0) is 12.0. The van der Waals surface area contributed by atoms with Crippen LogP contribution in [0.25, 0.3) is 0 Å². The molecule has 0 aliphatic carbocycles. The van der Waals surface area contributed by atoms with Crippen LogP contribution in [-0.2, 0) is 0 Å². The second-order valence-corrected chi connectivity index (χ2v) is 6.31. The topological polar surface area (TPSA) is 12.0 Å². The number of rotatable bonds is 6. The van der Waals surface area contributed by atoms with Crippen LogP contribution >= 0.6 is 11.8 Å². The van der Waals surface area contributed by atoms with Crippen LogP contribution in [-0.4, -0.2) is 18.3 Å². The first-order valence-corrected chi connectivity index (χ1v) is 6.90. The molecule has 90 valence electrons. The van der Waals surface area contributed by atoms with Crippen LogP contribution in [0, 0.1) is 12.8 Å². The average molecular weight is 237 g/mol. The zero-order valence-corrected chi connectivity index (χ0v) is 11.6. The van der Waals surface area contributed by atoms with Gasteiger partial charge in [-0.15, -0.1) is 11.8 Å². The predicted octanol–water partition coefficient (Wildman–Crippen LogP) is 3.72. The predicted molar refractivity (Wildman–Crippen MR) is 74.2 cm³/mol. The molecule has 0 spiro atoms. The van der Waals surface area contributed by atoms with Gasteiger partial charge in [-0.05, 0) is 31.5 Å². The van der Waals surface area contributed by atoms with Gasteiger partial charge in [0, 0.05) is 16.7 Å². The van der Waals surface area contributed by atoms with Crippen molar-refractivity contribution < 1.29 is 0 Å². The number of hydrogen-bond donors (Lipinski definition) is 1. The SMILES string of the molecule is Cc1cccc(SC(C)CNCC(C)C)c1. The molecule has 16 heavy (non-hydrogen) atoms. The maximum atomic E-state index is 3.50. The number of hydrogen-bond acceptors (Lipinski definition) is 2. The second-order valence-electron chi connectivity index (χ2n) is 4.80. The van der Waals surface area contributed by atoms with Crippen molar-refractivity contribution in [2.75, 3.05) is 13.1 Å². The van der Waals surface area contributed by atoms with E-state index in [0.717, 1.165) is 19.0 Å². The summed E-state index contributed by atoms with van der Waals surface area (Å²) >= 11 is 1.95. The number of benzene rings is 1. The lowest BCUT2D eigenvalue weighted by molar-refractivity contribution is 0.554. The molecule has 0 aliphatic rings. The highest BCUT2D eigenvalue weighted by molar-refractivity contribution is 8.00. The summed E-state index contributed by atoms with van der Waals surface area (Å²) in [5.41, 5.74) is 1.34. The summed E-state index contributed by atoms with van der Waals surface area (Å²) in [6.07, 6.45) is 0. The molecule has 0 aromatic heterocycles. The summed E-state index contributed by atoms with van der Waals surface area (Å²) in [6, 6.07) is 8.72. The van der Waals surface area contributed by atoms with Gasteiger partial charge in [-0.3, -0.25) is 0 Å². The van der Waals surface area contributed by atoms with Crippen molar-refractivity contribution in [1.82, 2.24) is 5.32 Å². The van der Waals surface area contributed by atoms with Crippen molar-refractivity contribution in [1.29, 1.82) is 0 Å². The van der Waals surface area contributed by atoms with Gasteiger partial charge in [-0.25, -0.2) is 0 Å². The molecular weight excluding hydrogens is 214 g/mol. The number of aryl methyl sites for hydroxylation is 1. The van der Waals surface area contributed by atoms with Gasteiger partial charge >= 0.3 is 0 Å². The van der Waals surface area contributed by atoms with E-state index in [2.05, 4.69) is 57.3 Å². The molecular formula is C14H23NS. The Labute approximate surface area is 104 Å². The van der Waals surface area contributed by atoms with Crippen molar-refractivity contribution in [2.24, 2.45) is 5.92 Å². The summed E-state index contributed by atoms with van der Waals surface area (Å²) in [4.78, 5) is 1.37. The van der Waals surface area contributed by atoms with Gasteiger partial charge in [-0.2, -0.15) is 0 Å². The molecule has 1 N–H and O–H groups in total. The highest BCUT2D eigenvalue weighted by Crippen LogP contribution is 2.23. The first-order chi connectivity index (χ1) is 7.58. The fourth-order valence-electron chi connectivity index (χ4n) is 1.54. The third-order valence-electron chi connectivity index (χ3n) is 2.31. The van der Waals surface area contributed by atoms with Crippen LogP contribution in [0.4, 0.5) is 0 Å². The summed E-state index contributed by atoms with van der Waals surface area (Å²) in [5.74, 6) is 0.733. The standard InChI is InChI=1S/C14H23NS/c1-11(2)9-15-10-13(4)16-14-7-5-6-12(3)8-14/h5-8,11,13,15H,9-10H2,1-4H3. The normalized spacial score (nSPS) is 13.1. The van der Waals surface area contributed by atoms with Gasteiger partial charge in [0.25, 0.3) is 0 Å². The van der Waals surface area contributed by atoms with E-state index in [1.54, 1.807) is 0 Å². The van der Waals surface area contributed by atoms with Crippen molar-refractivity contribution >= 4 is 11.8 Å². The number of nitrogens with one attached hydrogen (secondary N) is 1. The van der Waals surface area contributed by atoms with Crippen LogP contribution in [0.2, 0.25) is 0 Å². The Morgan fingerprint density at radius 3 is 2.56 bits per heavy atom. The van der Waals surface area contributed by atoms with E-state index in [1.165, 1.54) is 10.5 Å². The Hall–Kier alpha value is -0.470. The quantitative estimate of drug-likeness (QED) is 0.757. The highest BCUT2D eigenvalue weighted by Gasteiger charge is 2.04. The summed E-state index contributed by atoms with van der Waals surface area (Å²) in [5, 5.41) is 4.12. The average Bonchev–Trinajstić information content (AvgIpc) is 2.16. The summed E-state index contributed by atoms with van der Waals surface area (Å²) in [7, 11) is 0. The maximum Gasteiger partial charge on any atom is 0.0191 e. The van der Waals surface area contributed by atoms with Crippen LogP contribution in [0.1, 0.15) is 26.3 Å². The fourth-order valence-corrected chi connectivity index (χ4v) is 2.61. The molecule has 0 radical (unpaired) electrons. The lowest BCUT2D eigenvalue weighted by Gasteiger charge is -2.13. The van der Waals surface area contributed by atoms with E-state index < -0.39 is 0 Å². The Bertz CT molecular complexity index is 309. The molecule has 0 fully saturated rings. The van der Waals surface area contributed by atoms with Crippen LogP contribution in [0.5, 0.6) is 0 Å². The van der Waals surface area contributed by atoms with Gasteiger partial charge < -0.3 is 5.32 Å². The zero-order valence-electron chi connectivity index (χ0n) is 10.8. The molecule has 0 aliphatic heterocycles.